The van der Waals surface area contributed by atoms with Crippen molar-refractivity contribution in [2.75, 3.05) is 5.73 Å². The van der Waals surface area contributed by atoms with Gasteiger partial charge in [-0.1, -0.05) is 0 Å². The number of nitrogens with two attached hydrogens (primary N) is 1. The van der Waals surface area contributed by atoms with Crippen LogP contribution in [-0.4, -0.2) is 11.1 Å². The van der Waals surface area contributed by atoms with Crippen LogP contribution in [0.4, 0.5) is 5.69 Å². The van der Waals surface area contributed by atoms with Crippen molar-refractivity contribution in [2.24, 2.45) is 23.2 Å². The predicted octanol–water partition coefficient (Wildman–Crippen LogP) is 3.65. The molecule has 1 aromatic rings. The quantitative estimate of drug-likeness (QED) is 0.913. The van der Waals surface area contributed by atoms with E-state index in [1.807, 2.05) is 6.07 Å². The van der Waals surface area contributed by atoms with E-state index in [-0.39, 0.29) is 6.10 Å². The van der Waals surface area contributed by atoms with Gasteiger partial charge in [-0.3, -0.25) is 4.98 Å². The van der Waals surface area contributed by atoms with Gasteiger partial charge in [-0.05, 0) is 63.2 Å². The molecule has 0 saturated heterocycles. The van der Waals surface area contributed by atoms with Gasteiger partial charge in [0.25, 0.3) is 0 Å². The summed E-state index contributed by atoms with van der Waals surface area (Å²) in [5, 5.41) is 0. The van der Waals surface area contributed by atoms with Crippen molar-refractivity contribution in [3.8, 4) is 5.75 Å². The number of pyridine rings is 1. The Morgan fingerprint density at radius 3 is 2.35 bits per heavy atom. The third kappa shape index (κ3) is 1.90. The van der Waals surface area contributed by atoms with Crippen molar-refractivity contribution in [3.63, 3.8) is 0 Å². The molecular formula is C17H24N2O. The van der Waals surface area contributed by atoms with Crippen LogP contribution in [0.2, 0.25) is 0 Å². The van der Waals surface area contributed by atoms with Gasteiger partial charge in [0.1, 0.15) is 11.9 Å². The Morgan fingerprint density at radius 1 is 1.20 bits per heavy atom. The Morgan fingerprint density at radius 2 is 1.80 bits per heavy atom. The van der Waals surface area contributed by atoms with E-state index in [4.69, 9.17) is 10.5 Å². The van der Waals surface area contributed by atoms with E-state index in [1.54, 1.807) is 12.4 Å². The first kappa shape index (κ1) is 12.5. The number of nitrogen functional groups attached to an aromatic ring is 1. The van der Waals surface area contributed by atoms with E-state index in [9.17, 15) is 0 Å². The lowest BCUT2D eigenvalue weighted by molar-refractivity contribution is -0.105. The second-order valence-electron chi connectivity index (χ2n) is 7.45. The Kier molecular flexibility index (Phi) is 2.73. The maximum atomic E-state index is 6.26. The molecule has 1 heterocycles. The molecule has 4 aliphatic carbocycles. The highest BCUT2D eigenvalue weighted by Gasteiger charge is 2.54. The molecule has 0 radical (unpaired) electrons. The molecule has 2 N–H and O–H groups in total. The second-order valence-corrected chi connectivity index (χ2v) is 7.45. The third-order valence-electron chi connectivity index (χ3n) is 6.06. The molecule has 0 aromatic carbocycles. The predicted molar refractivity (Wildman–Crippen MR) is 79.3 cm³/mol. The van der Waals surface area contributed by atoms with Crippen LogP contribution in [0.15, 0.2) is 18.5 Å². The van der Waals surface area contributed by atoms with Crippen LogP contribution in [0.5, 0.6) is 5.75 Å². The van der Waals surface area contributed by atoms with Crippen LogP contribution in [0, 0.1) is 23.2 Å². The maximum Gasteiger partial charge on any atom is 0.145 e. The van der Waals surface area contributed by atoms with E-state index in [0.717, 1.165) is 23.5 Å². The number of ether oxygens (including phenoxy) is 1. The largest absolute Gasteiger partial charge is 0.488 e. The van der Waals surface area contributed by atoms with Crippen LogP contribution >= 0.6 is 0 Å². The molecule has 0 amide bonds. The van der Waals surface area contributed by atoms with Crippen LogP contribution < -0.4 is 10.5 Å². The van der Waals surface area contributed by atoms with E-state index in [0.29, 0.717) is 11.1 Å². The van der Waals surface area contributed by atoms with Crippen molar-refractivity contribution in [2.45, 2.75) is 51.6 Å². The highest BCUT2D eigenvalue weighted by Crippen LogP contribution is 2.61. The van der Waals surface area contributed by atoms with Gasteiger partial charge in [0.2, 0.25) is 0 Å². The van der Waals surface area contributed by atoms with Crippen molar-refractivity contribution >= 4 is 5.69 Å². The fraction of sp³-hybridized carbons (Fsp3) is 0.706. The molecule has 3 nitrogen and oxygen atoms in total. The highest BCUT2D eigenvalue weighted by molar-refractivity contribution is 5.49. The summed E-state index contributed by atoms with van der Waals surface area (Å²) < 4.78 is 6.26. The average Bonchev–Trinajstić information content (AvgIpc) is 2.40. The first-order valence-corrected chi connectivity index (χ1v) is 8.01. The molecule has 4 fully saturated rings. The second kappa shape index (κ2) is 4.37. The van der Waals surface area contributed by atoms with Gasteiger partial charge in [-0.2, -0.15) is 0 Å². The summed E-state index contributed by atoms with van der Waals surface area (Å²) in [5.41, 5.74) is 7.04. The molecule has 4 aliphatic rings. The van der Waals surface area contributed by atoms with Crippen molar-refractivity contribution < 1.29 is 4.74 Å². The van der Waals surface area contributed by atoms with Crippen molar-refractivity contribution in [3.05, 3.63) is 18.5 Å². The van der Waals surface area contributed by atoms with Crippen LogP contribution in [0.3, 0.4) is 0 Å². The van der Waals surface area contributed by atoms with Crippen LogP contribution in [-0.2, 0) is 0 Å². The highest BCUT2D eigenvalue weighted by atomic mass is 16.5. The number of hydrogen-bond acceptors (Lipinski definition) is 3. The summed E-state index contributed by atoms with van der Waals surface area (Å²) in [6.07, 6.45) is 12.2. The monoisotopic (exact) mass is 272 g/mol. The Hall–Kier alpha value is -1.25. The fourth-order valence-corrected chi connectivity index (χ4v) is 5.49. The van der Waals surface area contributed by atoms with E-state index >= 15 is 0 Å². The summed E-state index contributed by atoms with van der Waals surface area (Å²) in [6.45, 7) is 2.26. The Balaban J connectivity index is 1.56. The molecule has 0 aliphatic heterocycles. The topological polar surface area (TPSA) is 48.1 Å². The third-order valence-corrected chi connectivity index (χ3v) is 6.06. The molecular weight excluding hydrogens is 248 g/mol. The lowest BCUT2D eigenvalue weighted by Crippen LogP contribution is -2.52. The molecule has 3 heteroatoms. The minimum atomic E-state index is 0.264. The van der Waals surface area contributed by atoms with Crippen molar-refractivity contribution in [1.29, 1.82) is 0 Å². The number of rotatable bonds is 3. The number of hydrogen-bond donors (Lipinski definition) is 1. The van der Waals surface area contributed by atoms with E-state index in [2.05, 4.69) is 11.9 Å². The molecule has 1 atom stereocenters. The summed E-state index contributed by atoms with van der Waals surface area (Å²) in [5.74, 6) is 3.69. The summed E-state index contributed by atoms with van der Waals surface area (Å²) in [4.78, 5) is 4.04. The van der Waals surface area contributed by atoms with Crippen LogP contribution in [0.1, 0.15) is 45.4 Å². The molecule has 4 saturated carbocycles. The zero-order chi connectivity index (χ0) is 13.7. The van der Waals surface area contributed by atoms with E-state index in [1.165, 1.54) is 38.5 Å². The van der Waals surface area contributed by atoms with Crippen LogP contribution in [0.25, 0.3) is 0 Å². The zero-order valence-corrected chi connectivity index (χ0v) is 12.2. The van der Waals surface area contributed by atoms with Gasteiger partial charge in [-0.25, -0.2) is 0 Å². The summed E-state index contributed by atoms with van der Waals surface area (Å²) in [6, 6.07) is 1.90. The van der Waals surface area contributed by atoms with E-state index < -0.39 is 0 Å². The van der Waals surface area contributed by atoms with Gasteiger partial charge in [-0.15, -0.1) is 0 Å². The molecule has 1 unspecified atom stereocenters. The number of aromatic nitrogens is 1. The zero-order valence-electron chi connectivity index (χ0n) is 12.2. The summed E-state index contributed by atoms with van der Waals surface area (Å²) >= 11 is 0. The summed E-state index contributed by atoms with van der Waals surface area (Å²) in [7, 11) is 0. The lowest BCUT2D eigenvalue weighted by Gasteiger charge is -2.58. The minimum Gasteiger partial charge on any atom is -0.488 e. The van der Waals surface area contributed by atoms with Gasteiger partial charge >= 0.3 is 0 Å². The normalized spacial score (nSPS) is 39.8. The molecule has 108 valence electrons. The number of nitrogens with zero attached hydrogens (tertiary/aromatic N) is 1. The first-order chi connectivity index (χ1) is 9.64. The first-order valence-electron chi connectivity index (χ1n) is 8.01. The molecule has 0 spiro atoms. The smallest absolute Gasteiger partial charge is 0.145 e. The Bertz CT molecular complexity index is 478. The van der Waals surface area contributed by atoms with Gasteiger partial charge in [0, 0.05) is 17.7 Å². The van der Waals surface area contributed by atoms with Gasteiger partial charge in [0.15, 0.2) is 0 Å². The van der Waals surface area contributed by atoms with Gasteiger partial charge < -0.3 is 10.5 Å². The van der Waals surface area contributed by atoms with Crippen molar-refractivity contribution in [1.82, 2.24) is 4.98 Å². The lowest BCUT2D eigenvalue weighted by atomic mass is 9.48. The molecule has 20 heavy (non-hydrogen) atoms. The SMILES string of the molecule is CC(Oc1ccncc1N)C12CC3CC(CC(C3)C1)C2. The molecule has 1 aromatic heterocycles. The fourth-order valence-electron chi connectivity index (χ4n) is 5.49. The van der Waals surface area contributed by atoms with Gasteiger partial charge in [0.05, 0.1) is 11.9 Å². The Labute approximate surface area is 120 Å². The average molecular weight is 272 g/mol. The number of anilines is 1. The standard InChI is InChI=1S/C17H24N2O/c1-11(20-16-2-3-19-10-15(16)18)17-7-12-4-13(8-17)6-14(5-12)9-17/h2-3,10-14H,4-9,18H2,1H3. The molecule has 4 bridgehead atoms. The minimum absolute atomic E-state index is 0.264. The molecule has 5 rings (SSSR count). The maximum absolute atomic E-state index is 6.26.